The third kappa shape index (κ3) is 5.56. The number of carbonyl (C=O) groups is 1. The first-order valence-electron chi connectivity index (χ1n) is 4.88. The largest absolute Gasteiger partial charge is 0.398 e. The molecule has 1 amide bonds. The molecule has 0 aliphatic rings. The van der Waals surface area contributed by atoms with Crippen molar-refractivity contribution in [2.45, 2.75) is 13.8 Å². The van der Waals surface area contributed by atoms with E-state index in [-0.39, 0.29) is 5.91 Å². The van der Waals surface area contributed by atoms with Crippen LogP contribution < -0.4 is 11.1 Å². The highest BCUT2D eigenvalue weighted by molar-refractivity contribution is 9.11. The fraction of sp³-hybridized carbons (Fsp3) is 0.250. The van der Waals surface area contributed by atoms with Crippen LogP contribution in [0.5, 0.6) is 0 Å². The number of hydrogen-bond donors (Lipinski definition) is 2. The van der Waals surface area contributed by atoms with Gasteiger partial charge in [-0.1, -0.05) is 24.8 Å². The first-order valence-corrected chi connectivity index (χ1v) is 5.67. The van der Waals surface area contributed by atoms with Crippen LogP contribution in [0.4, 0.5) is 0 Å². The van der Waals surface area contributed by atoms with Crippen molar-refractivity contribution in [3.63, 3.8) is 0 Å². The summed E-state index contributed by atoms with van der Waals surface area (Å²) in [6, 6.07) is 0. The molecular weight excluding hydrogens is 268 g/mol. The first-order chi connectivity index (χ1) is 7.52. The van der Waals surface area contributed by atoms with Crippen LogP contribution in [0.15, 0.2) is 46.6 Å². The molecule has 0 saturated heterocycles. The average Bonchev–Trinajstić information content (AvgIpc) is 2.27. The Balaban J connectivity index is 4.23. The SMILES string of the molecule is C=C/C=C(\C)C(=O)NC/C=C(N)\C(Br)=C/C. The van der Waals surface area contributed by atoms with Gasteiger partial charge in [0.25, 0.3) is 0 Å². The molecule has 0 saturated carbocycles. The molecule has 0 spiro atoms. The molecule has 0 aliphatic heterocycles. The van der Waals surface area contributed by atoms with Crippen molar-refractivity contribution in [2.24, 2.45) is 5.73 Å². The predicted octanol–water partition coefficient (Wildman–Crippen LogP) is 2.38. The zero-order valence-electron chi connectivity index (χ0n) is 9.59. The van der Waals surface area contributed by atoms with Gasteiger partial charge in [0.05, 0.1) is 0 Å². The molecule has 88 valence electrons. The molecule has 0 aromatic rings. The van der Waals surface area contributed by atoms with Crippen LogP contribution in [0, 0.1) is 0 Å². The Bertz CT molecular complexity index is 354. The third-order valence-corrected chi connectivity index (χ3v) is 2.76. The Hall–Kier alpha value is -1.29. The van der Waals surface area contributed by atoms with E-state index in [0.717, 1.165) is 4.48 Å². The lowest BCUT2D eigenvalue weighted by Gasteiger charge is -2.03. The minimum Gasteiger partial charge on any atom is -0.398 e. The van der Waals surface area contributed by atoms with Gasteiger partial charge in [0.1, 0.15) is 0 Å². The van der Waals surface area contributed by atoms with Crippen LogP contribution in [0.1, 0.15) is 13.8 Å². The smallest absolute Gasteiger partial charge is 0.247 e. The van der Waals surface area contributed by atoms with E-state index in [1.165, 1.54) is 0 Å². The summed E-state index contributed by atoms with van der Waals surface area (Å²) >= 11 is 3.29. The second kappa shape index (κ2) is 7.93. The molecule has 4 heteroatoms. The van der Waals surface area contributed by atoms with E-state index in [1.54, 1.807) is 25.2 Å². The topological polar surface area (TPSA) is 55.1 Å². The summed E-state index contributed by atoms with van der Waals surface area (Å²) in [4.78, 5) is 11.4. The minimum absolute atomic E-state index is 0.124. The van der Waals surface area contributed by atoms with Gasteiger partial charge in [-0.15, -0.1) is 0 Å². The maximum atomic E-state index is 11.4. The van der Waals surface area contributed by atoms with E-state index < -0.39 is 0 Å². The fourth-order valence-electron chi connectivity index (χ4n) is 0.910. The maximum absolute atomic E-state index is 11.4. The molecule has 0 unspecified atom stereocenters. The van der Waals surface area contributed by atoms with E-state index in [4.69, 9.17) is 5.73 Å². The Morgan fingerprint density at radius 1 is 1.56 bits per heavy atom. The highest BCUT2D eigenvalue weighted by Gasteiger charge is 2.01. The first kappa shape index (κ1) is 14.7. The number of amides is 1. The van der Waals surface area contributed by atoms with Crippen molar-refractivity contribution in [2.75, 3.05) is 6.54 Å². The normalized spacial score (nSPS) is 13.6. The van der Waals surface area contributed by atoms with Crippen LogP contribution >= 0.6 is 15.9 Å². The van der Waals surface area contributed by atoms with Gasteiger partial charge in [-0.3, -0.25) is 4.79 Å². The standard InChI is InChI=1S/C12H17BrN2O/c1-4-6-9(3)12(16)15-8-7-11(14)10(13)5-2/h4-7H,1,8,14H2,2-3H3,(H,15,16)/b9-6+,10-5+,11-7+. The van der Waals surface area contributed by atoms with Gasteiger partial charge in [0.15, 0.2) is 0 Å². The highest BCUT2D eigenvalue weighted by Crippen LogP contribution is 2.10. The van der Waals surface area contributed by atoms with Crippen molar-refractivity contribution >= 4 is 21.8 Å². The van der Waals surface area contributed by atoms with Crippen LogP contribution in [0.2, 0.25) is 0 Å². The molecule has 0 heterocycles. The quantitative estimate of drug-likeness (QED) is 0.602. The van der Waals surface area contributed by atoms with Gasteiger partial charge in [-0.25, -0.2) is 0 Å². The summed E-state index contributed by atoms with van der Waals surface area (Å²) in [5.41, 5.74) is 6.94. The molecule has 3 nitrogen and oxygen atoms in total. The third-order valence-electron chi connectivity index (χ3n) is 1.84. The number of hydrogen-bond acceptors (Lipinski definition) is 2. The number of nitrogens with two attached hydrogens (primary N) is 1. The Kier molecular flexibility index (Phi) is 7.29. The zero-order chi connectivity index (χ0) is 12.6. The number of allylic oxidation sites excluding steroid dienone is 4. The summed E-state index contributed by atoms with van der Waals surface area (Å²) in [5, 5.41) is 2.72. The number of nitrogens with one attached hydrogen (secondary N) is 1. The summed E-state index contributed by atoms with van der Waals surface area (Å²) in [7, 11) is 0. The molecule has 3 N–H and O–H groups in total. The molecule has 0 radical (unpaired) electrons. The van der Waals surface area contributed by atoms with E-state index in [9.17, 15) is 4.79 Å². The molecule has 0 atom stereocenters. The molecule has 0 fully saturated rings. The van der Waals surface area contributed by atoms with E-state index in [0.29, 0.717) is 17.8 Å². The predicted molar refractivity (Wildman–Crippen MR) is 71.9 cm³/mol. The van der Waals surface area contributed by atoms with Gasteiger partial charge in [-0.2, -0.15) is 0 Å². The lowest BCUT2D eigenvalue weighted by Crippen LogP contribution is -2.24. The Labute approximate surface area is 105 Å². The van der Waals surface area contributed by atoms with Gasteiger partial charge >= 0.3 is 0 Å². The molecular formula is C12H17BrN2O. The highest BCUT2D eigenvalue weighted by atomic mass is 79.9. The van der Waals surface area contributed by atoms with Crippen molar-refractivity contribution in [3.05, 3.63) is 46.6 Å². The molecule has 0 bridgehead atoms. The van der Waals surface area contributed by atoms with Crippen LogP contribution in [-0.4, -0.2) is 12.5 Å². The minimum atomic E-state index is -0.124. The average molecular weight is 285 g/mol. The van der Waals surface area contributed by atoms with Crippen LogP contribution in [0.3, 0.4) is 0 Å². The second-order valence-corrected chi connectivity index (χ2v) is 3.95. The van der Waals surface area contributed by atoms with Gasteiger partial charge in [-0.05, 0) is 35.9 Å². The molecule has 0 aliphatic carbocycles. The van der Waals surface area contributed by atoms with E-state index >= 15 is 0 Å². The van der Waals surface area contributed by atoms with Crippen molar-refractivity contribution in [1.82, 2.24) is 5.32 Å². The summed E-state index contributed by atoms with van der Waals surface area (Å²) in [6.45, 7) is 7.53. The fourth-order valence-corrected chi connectivity index (χ4v) is 1.07. The summed E-state index contributed by atoms with van der Waals surface area (Å²) in [6.07, 6.45) is 6.82. The lowest BCUT2D eigenvalue weighted by molar-refractivity contribution is -0.117. The summed E-state index contributed by atoms with van der Waals surface area (Å²) < 4.78 is 0.820. The number of carbonyl (C=O) groups excluding carboxylic acids is 1. The zero-order valence-corrected chi connectivity index (χ0v) is 11.2. The van der Waals surface area contributed by atoms with Crippen molar-refractivity contribution in [1.29, 1.82) is 0 Å². The van der Waals surface area contributed by atoms with Crippen molar-refractivity contribution < 1.29 is 4.79 Å². The van der Waals surface area contributed by atoms with Crippen LogP contribution in [0.25, 0.3) is 0 Å². The molecule has 0 aromatic carbocycles. The Morgan fingerprint density at radius 2 is 2.19 bits per heavy atom. The van der Waals surface area contributed by atoms with Crippen LogP contribution in [-0.2, 0) is 4.79 Å². The monoisotopic (exact) mass is 284 g/mol. The van der Waals surface area contributed by atoms with Gasteiger partial charge in [0, 0.05) is 22.3 Å². The molecule has 16 heavy (non-hydrogen) atoms. The van der Waals surface area contributed by atoms with Gasteiger partial charge < -0.3 is 11.1 Å². The van der Waals surface area contributed by atoms with E-state index in [2.05, 4.69) is 27.8 Å². The van der Waals surface area contributed by atoms with Gasteiger partial charge in [0.2, 0.25) is 5.91 Å². The van der Waals surface area contributed by atoms with Crippen molar-refractivity contribution in [3.8, 4) is 0 Å². The Morgan fingerprint density at radius 3 is 2.69 bits per heavy atom. The second-order valence-electron chi connectivity index (χ2n) is 3.09. The van der Waals surface area contributed by atoms with E-state index in [1.807, 2.05) is 13.0 Å². The summed E-state index contributed by atoms with van der Waals surface area (Å²) in [5.74, 6) is -0.124. The number of rotatable bonds is 5. The number of halogens is 1. The molecule has 0 rings (SSSR count). The maximum Gasteiger partial charge on any atom is 0.247 e. The lowest BCUT2D eigenvalue weighted by atomic mass is 10.2. The molecule has 0 aromatic heterocycles.